The van der Waals surface area contributed by atoms with Crippen LogP contribution in [0.15, 0.2) is 125 Å². The summed E-state index contributed by atoms with van der Waals surface area (Å²) in [6, 6.07) is 34.1. The zero-order chi connectivity index (χ0) is 25.6. The van der Waals surface area contributed by atoms with E-state index in [0.717, 1.165) is 60.4 Å². The summed E-state index contributed by atoms with van der Waals surface area (Å²) in [5.41, 5.74) is 11.4. The highest BCUT2D eigenvalue weighted by atomic mass is 16.3. The lowest BCUT2D eigenvalue weighted by molar-refractivity contribution is 0.670. The molecule has 5 heteroatoms. The Morgan fingerprint density at radius 3 is 2.39 bits per heavy atom. The third-order valence-corrected chi connectivity index (χ3v) is 7.00. The smallest absolute Gasteiger partial charge is 0.154 e. The lowest BCUT2D eigenvalue weighted by Gasteiger charge is -2.07. The Balaban J connectivity index is 1.34. The van der Waals surface area contributed by atoms with Gasteiger partial charge >= 0.3 is 0 Å². The number of hydrogen-bond donors (Lipinski definition) is 2. The molecular formula is C33H22N4O. The van der Waals surface area contributed by atoms with Crippen LogP contribution in [0.2, 0.25) is 0 Å². The number of rotatable bonds is 3. The topological polar surface area (TPSA) is 88.3 Å². The van der Waals surface area contributed by atoms with Gasteiger partial charge in [0.05, 0.1) is 0 Å². The molecule has 3 N–H and O–H groups in total. The third kappa shape index (κ3) is 3.61. The molecule has 5 nitrogen and oxygen atoms in total. The molecule has 0 spiro atoms. The van der Waals surface area contributed by atoms with Gasteiger partial charge < -0.3 is 10.2 Å². The summed E-state index contributed by atoms with van der Waals surface area (Å²) >= 11 is 0. The molecule has 0 aliphatic rings. The third-order valence-electron chi connectivity index (χ3n) is 7.00. The molecule has 38 heavy (non-hydrogen) atoms. The SMILES string of the molecule is N=C(N=C(N)c1ccc2ccc(-c3cncc4c3oc3ccc5ccccc5c34)cc2c1)c1ccccc1. The van der Waals surface area contributed by atoms with Crippen molar-refractivity contribution in [2.45, 2.75) is 0 Å². The number of fused-ring (bicyclic) bond motifs is 6. The van der Waals surface area contributed by atoms with E-state index < -0.39 is 0 Å². The van der Waals surface area contributed by atoms with Crippen LogP contribution in [0.3, 0.4) is 0 Å². The molecule has 0 saturated carbocycles. The number of nitrogens with zero attached hydrogens (tertiary/aromatic N) is 2. The molecule has 0 fully saturated rings. The predicted molar refractivity (Wildman–Crippen MR) is 156 cm³/mol. The van der Waals surface area contributed by atoms with Gasteiger partial charge in [-0.05, 0) is 45.3 Å². The van der Waals surface area contributed by atoms with E-state index in [1.165, 1.54) is 5.39 Å². The van der Waals surface area contributed by atoms with E-state index in [2.05, 4.69) is 52.4 Å². The first-order valence-corrected chi connectivity index (χ1v) is 12.4. The van der Waals surface area contributed by atoms with Gasteiger partial charge in [-0.15, -0.1) is 0 Å². The second-order valence-corrected chi connectivity index (χ2v) is 9.31. The molecule has 0 radical (unpaired) electrons. The predicted octanol–water partition coefficient (Wildman–Crippen LogP) is 7.69. The molecule has 180 valence electrons. The van der Waals surface area contributed by atoms with Gasteiger partial charge in [0.15, 0.2) is 5.84 Å². The van der Waals surface area contributed by atoms with Gasteiger partial charge in [-0.3, -0.25) is 10.4 Å². The Morgan fingerprint density at radius 2 is 1.50 bits per heavy atom. The largest absolute Gasteiger partial charge is 0.455 e. The minimum atomic E-state index is 0.132. The van der Waals surface area contributed by atoms with Crippen molar-refractivity contribution >= 4 is 55.2 Å². The standard InChI is InChI=1S/C33H22N4O/c34-32(22-7-2-1-3-8-22)37-33(35)24-13-11-20-10-12-23(16-25(20)17-24)27-18-36-19-28-30-26-9-5-4-6-21(26)14-15-29(30)38-31(27)28/h1-19H,(H3,34,35,37). The van der Waals surface area contributed by atoms with E-state index in [1.54, 1.807) is 0 Å². The van der Waals surface area contributed by atoms with E-state index >= 15 is 0 Å². The van der Waals surface area contributed by atoms with Gasteiger partial charge in [0.2, 0.25) is 0 Å². The molecule has 0 aliphatic carbocycles. The zero-order valence-electron chi connectivity index (χ0n) is 20.3. The number of aromatic nitrogens is 1. The molecule has 5 aromatic carbocycles. The minimum absolute atomic E-state index is 0.132. The molecule has 0 amide bonds. The molecule has 2 heterocycles. The highest BCUT2D eigenvalue weighted by Crippen LogP contribution is 2.39. The lowest BCUT2D eigenvalue weighted by Crippen LogP contribution is -2.15. The van der Waals surface area contributed by atoms with E-state index in [9.17, 15) is 0 Å². The number of benzene rings is 5. The van der Waals surface area contributed by atoms with Crippen LogP contribution in [0.5, 0.6) is 0 Å². The lowest BCUT2D eigenvalue weighted by atomic mass is 9.99. The second kappa shape index (κ2) is 8.68. The summed E-state index contributed by atoms with van der Waals surface area (Å²) in [7, 11) is 0. The van der Waals surface area contributed by atoms with E-state index in [-0.39, 0.29) is 5.84 Å². The molecule has 7 aromatic rings. The van der Waals surface area contributed by atoms with Gasteiger partial charge in [0.25, 0.3) is 0 Å². The molecule has 0 aliphatic heterocycles. The first-order chi connectivity index (χ1) is 18.7. The van der Waals surface area contributed by atoms with Crippen LogP contribution in [0.25, 0.3) is 54.6 Å². The fraction of sp³-hybridized carbons (Fsp3) is 0. The number of pyridine rings is 1. The van der Waals surface area contributed by atoms with Gasteiger partial charge in [-0.1, -0.05) is 84.9 Å². The van der Waals surface area contributed by atoms with E-state index in [1.807, 2.05) is 73.1 Å². The summed E-state index contributed by atoms with van der Waals surface area (Å²) in [4.78, 5) is 8.93. The van der Waals surface area contributed by atoms with Gasteiger partial charge in [0.1, 0.15) is 17.0 Å². The summed E-state index contributed by atoms with van der Waals surface area (Å²) in [5, 5.41) is 14.8. The number of aliphatic imine (C=N–C) groups is 1. The number of furan rings is 1. The van der Waals surface area contributed by atoms with Crippen molar-refractivity contribution in [2.75, 3.05) is 0 Å². The monoisotopic (exact) mass is 490 g/mol. The van der Waals surface area contributed by atoms with Crippen LogP contribution in [0, 0.1) is 5.41 Å². The molecular weight excluding hydrogens is 468 g/mol. The Kier molecular flexibility index (Phi) is 5.01. The fourth-order valence-corrected chi connectivity index (χ4v) is 5.09. The molecule has 0 unspecified atom stereocenters. The Bertz CT molecular complexity index is 2060. The highest BCUT2D eigenvalue weighted by Gasteiger charge is 2.15. The van der Waals surface area contributed by atoms with Crippen molar-refractivity contribution < 1.29 is 4.42 Å². The van der Waals surface area contributed by atoms with Crippen LogP contribution in [0.1, 0.15) is 11.1 Å². The molecule has 7 rings (SSSR count). The second-order valence-electron chi connectivity index (χ2n) is 9.31. The molecule has 0 saturated heterocycles. The highest BCUT2D eigenvalue weighted by molar-refractivity contribution is 6.20. The normalized spacial score (nSPS) is 12.1. The number of hydrogen-bond acceptors (Lipinski definition) is 3. The van der Waals surface area contributed by atoms with Crippen LogP contribution in [-0.4, -0.2) is 16.7 Å². The Labute approximate surface area is 218 Å². The van der Waals surface area contributed by atoms with E-state index in [0.29, 0.717) is 5.84 Å². The van der Waals surface area contributed by atoms with Crippen LogP contribution < -0.4 is 5.73 Å². The quantitative estimate of drug-likeness (QED) is 0.197. The maximum atomic E-state index is 8.31. The van der Waals surface area contributed by atoms with Gasteiger partial charge in [0, 0.05) is 39.9 Å². The first-order valence-electron chi connectivity index (χ1n) is 12.4. The summed E-state index contributed by atoms with van der Waals surface area (Å²) in [6.45, 7) is 0. The Hall–Kier alpha value is -5.29. The summed E-state index contributed by atoms with van der Waals surface area (Å²) < 4.78 is 6.40. The van der Waals surface area contributed by atoms with Crippen LogP contribution >= 0.6 is 0 Å². The maximum absolute atomic E-state index is 8.31. The number of nitrogens with two attached hydrogens (primary N) is 1. The number of nitrogens with one attached hydrogen (secondary N) is 1. The average Bonchev–Trinajstić information content (AvgIpc) is 3.36. The molecule has 0 atom stereocenters. The fourth-order valence-electron chi connectivity index (χ4n) is 5.09. The average molecular weight is 491 g/mol. The van der Waals surface area contributed by atoms with E-state index in [4.69, 9.17) is 15.6 Å². The Morgan fingerprint density at radius 1 is 0.711 bits per heavy atom. The van der Waals surface area contributed by atoms with Gasteiger partial charge in [-0.25, -0.2) is 4.99 Å². The summed E-state index contributed by atoms with van der Waals surface area (Å²) in [5.74, 6) is 0.436. The van der Waals surface area contributed by atoms with Gasteiger partial charge in [-0.2, -0.15) is 0 Å². The zero-order valence-corrected chi connectivity index (χ0v) is 20.3. The van der Waals surface area contributed by atoms with Crippen molar-refractivity contribution in [3.8, 4) is 11.1 Å². The minimum Gasteiger partial charge on any atom is -0.455 e. The maximum Gasteiger partial charge on any atom is 0.154 e. The summed E-state index contributed by atoms with van der Waals surface area (Å²) in [6.07, 6.45) is 3.74. The number of amidine groups is 2. The first kappa shape index (κ1) is 21.9. The molecule has 0 bridgehead atoms. The van der Waals surface area contributed by atoms with Crippen molar-refractivity contribution in [1.82, 2.24) is 4.98 Å². The van der Waals surface area contributed by atoms with Crippen LogP contribution in [0.4, 0.5) is 0 Å². The van der Waals surface area contributed by atoms with Crippen LogP contribution in [-0.2, 0) is 0 Å². The van der Waals surface area contributed by atoms with Crippen molar-refractivity contribution in [3.05, 3.63) is 127 Å². The van der Waals surface area contributed by atoms with Crippen molar-refractivity contribution in [3.63, 3.8) is 0 Å². The van der Waals surface area contributed by atoms with Crippen molar-refractivity contribution in [2.24, 2.45) is 10.7 Å². The molecule has 2 aromatic heterocycles. The van der Waals surface area contributed by atoms with Crippen molar-refractivity contribution in [1.29, 1.82) is 5.41 Å².